The topological polar surface area (TPSA) is 17.1 Å². The Balaban J connectivity index is 3.09. The van der Waals surface area contributed by atoms with Crippen molar-refractivity contribution in [1.82, 2.24) is 0 Å². The van der Waals surface area contributed by atoms with Gasteiger partial charge in [0.25, 0.3) is 0 Å². The van der Waals surface area contributed by atoms with Crippen LogP contribution < -0.4 is 0 Å². The molecule has 0 aliphatic heterocycles. The van der Waals surface area contributed by atoms with Crippen LogP contribution in [0.3, 0.4) is 0 Å². The Labute approximate surface area is 98.7 Å². The summed E-state index contributed by atoms with van der Waals surface area (Å²) in [6.45, 7) is 1.80. The minimum absolute atomic E-state index is 0.0449. The van der Waals surface area contributed by atoms with Crippen LogP contribution in [0.4, 0.5) is 0 Å². The van der Waals surface area contributed by atoms with Crippen LogP contribution in [0.2, 0.25) is 5.02 Å². The van der Waals surface area contributed by atoms with Crippen LogP contribution in [0.1, 0.15) is 17.3 Å². The minimum atomic E-state index is -0.176. The zero-order chi connectivity index (χ0) is 10.0. The van der Waals surface area contributed by atoms with Gasteiger partial charge in [-0.3, -0.25) is 4.79 Å². The van der Waals surface area contributed by atoms with Crippen LogP contribution in [-0.4, -0.2) is 10.6 Å². The van der Waals surface area contributed by atoms with E-state index in [1.807, 2.05) is 0 Å². The first-order valence-electron chi connectivity index (χ1n) is 3.65. The molecule has 1 atom stereocenters. The normalized spacial score (nSPS) is 12.6. The minimum Gasteiger partial charge on any atom is -0.293 e. The average molecular weight is 326 g/mol. The number of carbonyl (C=O) groups excluding carboxylic acids is 1. The number of carbonyl (C=O) groups is 1. The second-order valence-corrected chi connectivity index (χ2v) is 5.27. The molecule has 0 aromatic heterocycles. The van der Waals surface area contributed by atoms with Gasteiger partial charge in [0.1, 0.15) is 0 Å². The van der Waals surface area contributed by atoms with Crippen LogP contribution in [0.5, 0.6) is 0 Å². The predicted molar refractivity (Wildman–Crippen MR) is 61.9 cm³/mol. The zero-order valence-corrected chi connectivity index (χ0v) is 10.8. The number of halogens is 3. The fraction of sp³-hybridized carbons (Fsp3) is 0.222. The highest BCUT2D eigenvalue weighted by molar-refractivity contribution is 9.10. The van der Waals surface area contributed by atoms with Crippen molar-refractivity contribution in [1.29, 1.82) is 0 Å². The molecule has 0 radical (unpaired) electrons. The lowest BCUT2D eigenvalue weighted by atomic mass is 10.1. The van der Waals surface area contributed by atoms with E-state index in [2.05, 4.69) is 31.9 Å². The van der Waals surface area contributed by atoms with Crippen molar-refractivity contribution >= 4 is 49.2 Å². The SMILES string of the molecule is CC(Br)C(=O)c1ccc(Cl)cc1Br. The van der Waals surface area contributed by atoms with Crippen LogP contribution in [0, 0.1) is 0 Å². The van der Waals surface area contributed by atoms with E-state index in [4.69, 9.17) is 11.6 Å². The average Bonchev–Trinajstić information content (AvgIpc) is 2.03. The highest BCUT2D eigenvalue weighted by atomic mass is 79.9. The van der Waals surface area contributed by atoms with Gasteiger partial charge in [-0.05, 0) is 41.1 Å². The highest BCUT2D eigenvalue weighted by Gasteiger charge is 2.14. The van der Waals surface area contributed by atoms with Crippen molar-refractivity contribution in [2.24, 2.45) is 0 Å². The van der Waals surface area contributed by atoms with E-state index in [1.165, 1.54) is 0 Å². The van der Waals surface area contributed by atoms with Crippen molar-refractivity contribution in [2.75, 3.05) is 0 Å². The largest absolute Gasteiger partial charge is 0.293 e. The summed E-state index contributed by atoms with van der Waals surface area (Å²) < 4.78 is 0.733. The molecule has 0 heterocycles. The Kier molecular flexibility index (Phi) is 3.95. The first kappa shape index (κ1) is 11.2. The molecule has 1 aromatic carbocycles. The summed E-state index contributed by atoms with van der Waals surface area (Å²) in [5.41, 5.74) is 0.647. The van der Waals surface area contributed by atoms with Crippen molar-refractivity contribution in [3.05, 3.63) is 33.3 Å². The third-order valence-electron chi connectivity index (χ3n) is 1.56. The third-order valence-corrected chi connectivity index (χ3v) is 2.86. The molecular weight excluding hydrogens is 319 g/mol. The first-order chi connectivity index (χ1) is 6.02. The van der Waals surface area contributed by atoms with Crippen LogP contribution >= 0.6 is 43.5 Å². The standard InChI is InChI=1S/C9H7Br2ClO/c1-5(10)9(13)7-3-2-6(12)4-8(7)11/h2-5H,1H3. The van der Waals surface area contributed by atoms with Crippen LogP contribution in [0.15, 0.2) is 22.7 Å². The Morgan fingerprint density at radius 1 is 1.54 bits per heavy atom. The van der Waals surface area contributed by atoms with E-state index >= 15 is 0 Å². The van der Waals surface area contributed by atoms with Gasteiger partial charge in [-0.25, -0.2) is 0 Å². The van der Waals surface area contributed by atoms with Crippen molar-refractivity contribution in [3.63, 3.8) is 0 Å². The molecule has 0 aliphatic carbocycles. The summed E-state index contributed by atoms with van der Waals surface area (Å²) in [6.07, 6.45) is 0. The summed E-state index contributed by atoms with van der Waals surface area (Å²) in [5, 5.41) is 0.616. The van der Waals surface area contributed by atoms with Crippen molar-refractivity contribution in [2.45, 2.75) is 11.8 Å². The van der Waals surface area contributed by atoms with Gasteiger partial charge in [-0.1, -0.05) is 27.5 Å². The van der Waals surface area contributed by atoms with E-state index in [0.717, 1.165) is 4.47 Å². The lowest BCUT2D eigenvalue weighted by Gasteiger charge is -2.05. The Morgan fingerprint density at radius 2 is 2.15 bits per heavy atom. The van der Waals surface area contributed by atoms with Crippen molar-refractivity contribution < 1.29 is 4.79 Å². The van der Waals surface area contributed by atoms with E-state index in [1.54, 1.807) is 25.1 Å². The Bertz CT molecular complexity index is 336. The maximum Gasteiger partial charge on any atom is 0.177 e. The smallest absolute Gasteiger partial charge is 0.177 e. The zero-order valence-electron chi connectivity index (χ0n) is 6.85. The summed E-state index contributed by atoms with van der Waals surface area (Å²) in [7, 11) is 0. The lowest BCUT2D eigenvalue weighted by Crippen LogP contribution is -2.10. The van der Waals surface area contributed by atoms with Crippen LogP contribution in [0.25, 0.3) is 0 Å². The molecule has 0 fully saturated rings. The molecule has 0 N–H and O–H groups in total. The summed E-state index contributed by atoms with van der Waals surface area (Å²) in [4.78, 5) is 11.4. The second-order valence-electron chi connectivity index (χ2n) is 2.60. The van der Waals surface area contributed by atoms with E-state index in [9.17, 15) is 4.79 Å². The summed E-state index contributed by atoms with van der Waals surface area (Å²) >= 11 is 12.3. The maximum absolute atomic E-state index is 11.6. The van der Waals surface area contributed by atoms with Gasteiger partial charge in [0.05, 0.1) is 4.83 Å². The van der Waals surface area contributed by atoms with Gasteiger partial charge in [0, 0.05) is 15.1 Å². The molecule has 4 heteroatoms. The Morgan fingerprint density at radius 3 is 2.62 bits per heavy atom. The van der Waals surface area contributed by atoms with E-state index < -0.39 is 0 Å². The van der Waals surface area contributed by atoms with Gasteiger partial charge < -0.3 is 0 Å². The summed E-state index contributed by atoms with van der Waals surface area (Å²) in [6, 6.07) is 5.13. The molecule has 0 saturated heterocycles. The molecule has 1 rings (SSSR count). The molecule has 1 aromatic rings. The number of ketones is 1. The number of Topliss-reactive ketones (excluding diaryl/α,β-unsaturated/α-hetero) is 1. The molecular formula is C9H7Br2ClO. The molecule has 0 spiro atoms. The molecule has 0 amide bonds. The molecule has 70 valence electrons. The summed E-state index contributed by atoms with van der Waals surface area (Å²) in [5.74, 6) is 0.0449. The number of hydrogen-bond acceptors (Lipinski definition) is 1. The fourth-order valence-electron chi connectivity index (χ4n) is 0.904. The van der Waals surface area contributed by atoms with Gasteiger partial charge >= 0.3 is 0 Å². The quantitative estimate of drug-likeness (QED) is 0.591. The fourth-order valence-corrected chi connectivity index (χ4v) is 2.03. The van der Waals surface area contributed by atoms with Gasteiger partial charge in [-0.2, -0.15) is 0 Å². The molecule has 0 bridgehead atoms. The Hall–Kier alpha value is 0.140. The monoisotopic (exact) mass is 324 g/mol. The van der Waals surface area contributed by atoms with E-state index in [0.29, 0.717) is 10.6 Å². The molecule has 13 heavy (non-hydrogen) atoms. The molecule has 0 saturated carbocycles. The first-order valence-corrected chi connectivity index (χ1v) is 5.74. The van der Waals surface area contributed by atoms with Gasteiger partial charge in [-0.15, -0.1) is 0 Å². The van der Waals surface area contributed by atoms with Gasteiger partial charge in [0.2, 0.25) is 0 Å². The molecule has 1 unspecified atom stereocenters. The number of rotatable bonds is 2. The van der Waals surface area contributed by atoms with Crippen LogP contribution in [-0.2, 0) is 0 Å². The highest BCUT2D eigenvalue weighted by Crippen LogP contribution is 2.23. The van der Waals surface area contributed by atoms with Crippen molar-refractivity contribution in [3.8, 4) is 0 Å². The predicted octanol–water partition coefficient (Wildman–Crippen LogP) is 4.07. The maximum atomic E-state index is 11.6. The molecule has 1 nitrogen and oxygen atoms in total. The molecule has 0 aliphatic rings. The second kappa shape index (κ2) is 4.58. The number of benzene rings is 1. The lowest BCUT2D eigenvalue weighted by molar-refractivity contribution is 0.0995. The van der Waals surface area contributed by atoms with Gasteiger partial charge in [0.15, 0.2) is 5.78 Å². The van der Waals surface area contributed by atoms with E-state index in [-0.39, 0.29) is 10.6 Å². The third kappa shape index (κ3) is 2.79. The number of hydrogen-bond donors (Lipinski definition) is 0. The number of alkyl halides is 1.